The molecule has 39 heavy (non-hydrogen) atoms. The van der Waals surface area contributed by atoms with E-state index in [4.69, 9.17) is 44.8 Å². The highest BCUT2D eigenvalue weighted by molar-refractivity contribution is 6.35. The molecule has 0 unspecified atom stereocenters. The number of benzene rings is 1. The van der Waals surface area contributed by atoms with Crippen LogP contribution < -0.4 is 10.2 Å². The number of nitrogens with zero attached hydrogens (tertiary/aromatic N) is 4. The van der Waals surface area contributed by atoms with Crippen LogP contribution in [-0.4, -0.2) is 58.2 Å². The van der Waals surface area contributed by atoms with Gasteiger partial charge < -0.3 is 20.2 Å². The summed E-state index contributed by atoms with van der Waals surface area (Å²) in [6, 6.07) is 5.80. The first-order chi connectivity index (χ1) is 18.5. The normalized spacial score (nSPS) is 27.2. The van der Waals surface area contributed by atoms with Crippen molar-refractivity contribution in [3.63, 3.8) is 0 Å². The van der Waals surface area contributed by atoms with Crippen LogP contribution in [0.1, 0.15) is 69.7 Å². The maximum Gasteiger partial charge on any atom is 0.309 e. The molecule has 3 aliphatic rings. The molecule has 2 N–H and O–H groups in total. The number of aryl methyl sites for hydroxylation is 1. The van der Waals surface area contributed by atoms with Gasteiger partial charge >= 0.3 is 5.97 Å². The van der Waals surface area contributed by atoms with Crippen LogP contribution >= 0.6 is 34.8 Å². The van der Waals surface area contributed by atoms with Crippen molar-refractivity contribution in [2.75, 3.05) is 36.4 Å². The highest BCUT2D eigenvalue weighted by atomic mass is 35.5. The number of piperidine rings is 2. The number of aromatic nitrogens is 2. The van der Waals surface area contributed by atoms with E-state index in [0.29, 0.717) is 38.8 Å². The predicted molar refractivity (Wildman–Crippen MR) is 158 cm³/mol. The Balaban J connectivity index is 1.21. The zero-order valence-electron chi connectivity index (χ0n) is 22.9. The second-order valence-corrected chi connectivity index (χ2v) is 13.2. The molecule has 2 aromatic rings. The molecule has 2 aliphatic heterocycles. The van der Waals surface area contributed by atoms with Gasteiger partial charge in [0, 0.05) is 29.2 Å². The van der Waals surface area contributed by atoms with Crippen LogP contribution in [0.15, 0.2) is 18.2 Å². The number of carbonyl (C=O) groups is 1. The van der Waals surface area contributed by atoms with E-state index >= 15 is 0 Å². The summed E-state index contributed by atoms with van der Waals surface area (Å²) in [4.78, 5) is 26.0. The highest BCUT2D eigenvalue weighted by Gasteiger charge is 2.49. The molecule has 2 saturated heterocycles. The Hall–Kier alpha value is -1.80. The molecule has 1 aliphatic carbocycles. The fourth-order valence-electron chi connectivity index (χ4n) is 6.66. The lowest BCUT2D eigenvalue weighted by Gasteiger charge is -2.50. The van der Waals surface area contributed by atoms with Gasteiger partial charge in [-0.25, -0.2) is 4.98 Å². The first kappa shape index (κ1) is 28.7. The van der Waals surface area contributed by atoms with Crippen molar-refractivity contribution in [3.05, 3.63) is 44.5 Å². The molecular formula is C29H38Cl3N5O2. The molecule has 0 radical (unpaired) electrons. The molecular weight excluding hydrogens is 557 g/mol. The maximum absolute atomic E-state index is 11.5. The fourth-order valence-corrected chi connectivity index (χ4v) is 7.37. The van der Waals surface area contributed by atoms with E-state index in [2.05, 4.69) is 15.1 Å². The first-order valence-corrected chi connectivity index (χ1v) is 15.2. The summed E-state index contributed by atoms with van der Waals surface area (Å²) >= 11 is 19.2. The number of nitrogens with one attached hydrogen (secondary N) is 1. The van der Waals surface area contributed by atoms with Gasteiger partial charge in [0.25, 0.3) is 0 Å². The molecule has 7 nitrogen and oxygen atoms in total. The molecule has 1 aromatic carbocycles. The van der Waals surface area contributed by atoms with Crippen molar-refractivity contribution < 1.29 is 9.90 Å². The van der Waals surface area contributed by atoms with Crippen molar-refractivity contribution >= 4 is 52.5 Å². The summed E-state index contributed by atoms with van der Waals surface area (Å²) in [7, 11) is 0. The van der Waals surface area contributed by atoms with Gasteiger partial charge in [-0.05, 0) is 102 Å². The van der Waals surface area contributed by atoms with Crippen LogP contribution in [0.25, 0.3) is 0 Å². The van der Waals surface area contributed by atoms with Gasteiger partial charge in [-0.15, -0.1) is 0 Å². The van der Waals surface area contributed by atoms with Gasteiger partial charge in [0.05, 0.1) is 17.2 Å². The Morgan fingerprint density at radius 3 is 2.49 bits per heavy atom. The van der Waals surface area contributed by atoms with Gasteiger partial charge in [0.1, 0.15) is 5.02 Å². The molecule has 3 fully saturated rings. The number of hydrogen-bond donors (Lipinski definition) is 2. The smallest absolute Gasteiger partial charge is 0.309 e. The largest absolute Gasteiger partial charge is 0.481 e. The number of likely N-dealkylation sites (tertiary alicyclic amines) is 1. The Morgan fingerprint density at radius 2 is 1.82 bits per heavy atom. The van der Waals surface area contributed by atoms with E-state index in [9.17, 15) is 9.90 Å². The highest BCUT2D eigenvalue weighted by Crippen LogP contribution is 2.45. The van der Waals surface area contributed by atoms with Crippen LogP contribution in [0.2, 0.25) is 15.1 Å². The van der Waals surface area contributed by atoms with Gasteiger partial charge in [0.2, 0.25) is 5.95 Å². The molecule has 0 spiro atoms. The van der Waals surface area contributed by atoms with Gasteiger partial charge in [-0.2, -0.15) is 4.98 Å². The Kier molecular flexibility index (Phi) is 8.54. The predicted octanol–water partition coefficient (Wildman–Crippen LogP) is 7.10. The maximum atomic E-state index is 11.5. The summed E-state index contributed by atoms with van der Waals surface area (Å²) in [5.74, 6) is 1.96. The Morgan fingerprint density at radius 1 is 1.10 bits per heavy atom. The van der Waals surface area contributed by atoms with E-state index in [-0.39, 0.29) is 6.04 Å². The topological polar surface area (TPSA) is 81.6 Å². The summed E-state index contributed by atoms with van der Waals surface area (Å²) in [5.41, 5.74) is 1.14. The van der Waals surface area contributed by atoms with Crippen molar-refractivity contribution in [2.45, 2.75) is 71.4 Å². The first-order valence-electron chi connectivity index (χ1n) is 14.0. The molecule has 2 atom stereocenters. The third-order valence-electron chi connectivity index (χ3n) is 9.17. The van der Waals surface area contributed by atoms with Crippen LogP contribution in [0.4, 0.5) is 11.8 Å². The van der Waals surface area contributed by atoms with Crippen LogP contribution in [0.5, 0.6) is 0 Å². The minimum atomic E-state index is -0.655. The lowest BCUT2D eigenvalue weighted by molar-refractivity contribution is -0.158. The Bertz CT molecular complexity index is 1210. The zero-order chi connectivity index (χ0) is 27.9. The average Bonchev–Trinajstić information content (AvgIpc) is 2.89. The van der Waals surface area contributed by atoms with E-state index in [1.807, 2.05) is 32.9 Å². The standard InChI is InChI=1S/C29H38Cl3N5O2/c1-17(23-7-6-21(30)13-24(23)31)33-26-25(32)18(2)34-28(35-26)37-10-4-5-20(16-37)19-8-11-36(12-9-19)22-14-29(3,15-22)27(38)39/h6-7,13,17,19-20,22H,4-5,8-12,14-16H2,1-3H3,(H,38,39)(H,33,34,35)/t17-,20+,22-,29-/m1/s1. The minimum Gasteiger partial charge on any atom is -0.481 e. The molecule has 0 amide bonds. The van der Waals surface area contributed by atoms with Crippen molar-refractivity contribution in [2.24, 2.45) is 17.3 Å². The lowest BCUT2D eigenvalue weighted by Crippen LogP contribution is -2.55. The molecule has 0 bridgehead atoms. The number of halogens is 3. The summed E-state index contributed by atoms with van der Waals surface area (Å²) in [5, 5.41) is 14.6. The quantitative estimate of drug-likeness (QED) is 0.354. The van der Waals surface area contributed by atoms with E-state index < -0.39 is 11.4 Å². The van der Waals surface area contributed by atoms with Gasteiger partial charge in [-0.3, -0.25) is 4.79 Å². The van der Waals surface area contributed by atoms with Crippen LogP contribution in [0.3, 0.4) is 0 Å². The summed E-state index contributed by atoms with van der Waals surface area (Å²) in [6.07, 6.45) is 6.24. The number of carboxylic acids is 1. The fraction of sp³-hybridized carbons (Fsp3) is 0.621. The van der Waals surface area contributed by atoms with Crippen molar-refractivity contribution in [1.82, 2.24) is 14.9 Å². The number of hydrogen-bond acceptors (Lipinski definition) is 6. The summed E-state index contributed by atoms with van der Waals surface area (Å²) in [6.45, 7) is 9.84. The number of aliphatic carboxylic acids is 1. The second-order valence-electron chi connectivity index (χ2n) is 12.0. The van der Waals surface area contributed by atoms with Gasteiger partial charge in [-0.1, -0.05) is 40.9 Å². The monoisotopic (exact) mass is 593 g/mol. The number of rotatable bonds is 7. The number of anilines is 2. The van der Waals surface area contributed by atoms with Crippen molar-refractivity contribution in [3.8, 4) is 0 Å². The average molecular weight is 595 g/mol. The van der Waals surface area contributed by atoms with Crippen LogP contribution in [-0.2, 0) is 4.79 Å². The molecule has 1 aromatic heterocycles. The Labute approximate surface area is 246 Å². The molecule has 5 rings (SSSR count). The number of carboxylic acid groups (broad SMARTS) is 1. The lowest BCUT2D eigenvalue weighted by atomic mass is 9.65. The third kappa shape index (κ3) is 6.12. The van der Waals surface area contributed by atoms with Crippen LogP contribution in [0, 0.1) is 24.2 Å². The summed E-state index contributed by atoms with van der Waals surface area (Å²) < 4.78 is 0. The van der Waals surface area contributed by atoms with E-state index in [0.717, 1.165) is 62.6 Å². The zero-order valence-corrected chi connectivity index (χ0v) is 25.2. The SMILES string of the molecule is Cc1nc(N2CCC[C@H](C3CCN([C@H]4C[C@](C)(C(=O)O)C4)CC3)C2)nc(N[C@H](C)c2ccc(Cl)cc2Cl)c1Cl. The molecule has 10 heteroatoms. The van der Waals surface area contributed by atoms with E-state index in [1.165, 1.54) is 19.3 Å². The minimum absolute atomic E-state index is 0.113. The van der Waals surface area contributed by atoms with E-state index in [1.54, 1.807) is 6.07 Å². The molecule has 3 heterocycles. The van der Waals surface area contributed by atoms with Crippen molar-refractivity contribution in [1.29, 1.82) is 0 Å². The van der Waals surface area contributed by atoms with Gasteiger partial charge in [0.15, 0.2) is 5.82 Å². The molecule has 212 valence electrons. The second kappa shape index (κ2) is 11.6. The molecule has 1 saturated carbocycles. The third-order valence-corrected chi connectivity index (χ3v) is 10.2.